The van der Waals surface area contributed by atoms with Gasteiger partial charge in [-0.05, 0) is 31.3 Å². The molecule has 0 saturated heterocycles. The van der Waals surface area contributed by atoms with Gasteiger partial charge in [-0.25, -0.2) is 0 Å². The molecule has 3 aromatic carbocycles. The SMILES string of the molecule is CCN(C)C1Cn2c3ccccc3c3c4c(c5c6ccccc6n(c5c32)C(OC)C1OC)CNC4=O. The van der Waals surface area contributed by atoms with Crippen LogP contribution in [0.1, 0.15) is 29.1 Å². The van der Waals surface area contributed by atoms with Gasteiger partial charge in [0.25, 0.3) is 5.91 Å². The Bertz CT molecular complexity index is 1700. The number of hydrogen-bond acceptors (Lipinski definition) is 4. The summed E-state index contributed by atoms with van der Waals surface area (Å²) in [6.45, 7) is 4.31. The Morgan fingerprint density at radius 1 is 0.972 bits per heavy atom. The molecule has 1 amide bonds. The van der Waals surface area contributed by atoms with Gasteiger partial charge in [-0.1, -0.05) is 43.3 Å². The van der Waals surface area contributed by atoms with Gasteiger partial charge in [0.2, 0.25) is 0 Å². The number of amides is 1. The molecule has 0 bridgehead atoms. The number of rotatable bonds is 4. The highest BCUT2D eigenvalue weighted by Gasteiger charge is 2.40. The van der Waals surface area contributed by atoms with E-state index >= 15 is 0 Å². The van der Waals surface area contributed by atoms with Gasteiger partial charge < -0.3 is 23.9 Å². The lowest BCUT2D eigenvalue weighted by molar-refractivity contribution is -0.108. The zero-order valence-electron chi connectivity index (χ0n) is 21.0. The number of hydrogen-bond donors (Lipinski definition) is 1. The number of ether oxygens (including phenoxy) is 2. The zero-order chi connectivity index (χ0) is 24.7. The van der Waals surface area contributed by atoms with E-state index in [2.05, 4.69) is 81.9 Å². The fraction of sp³-hybridized carbons (Fsp3) is 0.345. The maximum absolute atomic E-state index is 13.3. The number of carbonyl (C=O) groups excluding carboxylic acids is 1. The number of nitrogens with one attached hydrogen (secondary N) is 1. The van der Waals surface area contributed by atoms with Gasteiger partial charge in [0, 0.05) is 54.4 Å². The molecule has 0 spiro atoms. The molecule has 3 unspecified atom stereocenters. The summed E-state index contributed by atoms with van der Waals surface area (Å²) < 4.78 is 17.3. The summed E-state index contributed by atoms with van der Waals surface area (Å²) in [5, 5.41) is 7.55. The van der Waals surface area contributed by atoms with Crippen molar-refractivity contribution in [1.82, 2.24) is 19.4 Å². The molecular formula is C29H30N4O3. The van der Waals surface area contributed by atoms with Crippen molar-refractivity contribution in [2.24, 2.45) is 0 Å². The average molecular weight is 483 g/mol. The average Bonchev–Trinajstić information content (AvgIpc) is 3.54. The smallest absolute Gasteiger partial charge is 0.252 e. The fourth-order valence-electron chi connectivity index (χ4n) is 6.78. The summed E-state index contributed by atoms with van der Waals surface area (Å²) >= 11 is 0. The van der Waals surface area contributed by atoms with E-state index in [1.807, 2.05) is 0 Å². The van der Waals surface area contributed by atoms with Gasteiger partial charge in [0.15, 0.2) is 6.23 Å². The lowest BCUT2D eigenvalue weighted by atomic mass is 9.96. The van der Waals surface area contributed by atoms with Crippen LogP contribution in [0.5, 0.6) is 0 Å². The second-order valence-corrected chi connectivity index (χ2v) is 9.97. The third kappa shape index (κ3) is 2.60. The van der Waals surface area contributed by atoms with E-state index in [9.17, 15) is 4.79 Å². The summed E-state index contributed by atoms with van der Waals surface area (Å²) in [4.78, 5) is 15.7. The maximum Gasteiger partial charge on any atom is 0.252 e. The first kappa shape index (κ1) is 21.9. The maximum atomic E-state index is 13.3. The first-order chi connectivity index (χ1) is 17.6. The van der Waals surface area contributed by atoms with Gasteiger partial charge >= 0.3 is 0 Å². The van der Waals surface area contributed by atoms with Crippen molar-refractivity contribution in [2.45, 2.75) is 38.4 Å². The Morgan fingerprint density at radius 3 is 2.36 bits per heavy atom. The van der Waals surface area contributed by atoms with E-state index in [1.165, 1.54) is 0 Å². The standard InChI is InChI=1S/C29H30N4O3/c1-5-31(2)21-15-32-19-12-8-6-10-16(19)23-24-18(14-30-28(24)34)22-17-11-7-9-13-20(17)33(26(22)25(23)32)29(36-4)27(21)35-3/h6-13,21,27,29H,5,14-15H2,1-4H3,(H,30,34). The predicted molar refractivity (Wildman–Crippen MR) is 143 cm³/mol. The fourth-order valence-corrected chi connectivity index (χ4v) is 6.78. The van der Waals surface area contributed by atoms with Crippen LogP contribution in [-0.4, -0.2) is 59.9 Å². The largest absolute Gasteiger partial charge is 0.375 e. The summed E-state index contributed by atoms with van der Waals surface area (Å²) in [6.07, 6.45) is -0.550. The molecule has 3 atom stereocenters. The van der Waals surface area contributed by atoms with E-state index in [0.717, 1.165) is 67.8 Å². The number of nitrogens with zero attached hydrogens (tertiary/aromatic N) is 3. The van der Waals surface area contributed by atoms with Gasteiger partial charge in [-0.3, -0.25) is 9.69 Å². The summed E-state index contributed by atoms with van der Waals surface area (Å²) in [6, 6.07) is 17.0. The van der Waals surface area contributed by atoms with Crippen LogP contribution in [0.15, 0.2) is 48.5 Å². The Hall–Kier alpha value is -3.39. The van der Waals surface area contributed by atoms with Crippen molar-refractivity contribution < 1.29 is 14.3 Å². The molecule has 0 aliphatic carbocycles. The molecule has 2 aliphatic heterocycles. The highest BCUT2D eigenvalue weighted by atomic mass is 16.5. The zero-order valence-corrected chi connectivity index (χ0v) is 21.0. The number of carbonyl (C=O) groups is 1. The van der Waals surface area contributed by atoms with Crippen LogP contribution in [0, 0.1) is 0 Å². The van der Waals surface area contributed by atoms with Crippen LogP contribution in [0.2, 0.25) is 0 Å². The molecule has 36 heavy (non-hydrogen) atoms. The van der Waals surface area contributed by atoms with Crippen molar-refractivity contribution in [2.75, 3.05) is 27.8 Å². The highest BCUT2D eigenvalue weighted by molar-refractivity contribution is 6.30. The summed E-state index contributed by atoms with van der Waals surface area (Å²) in [5.41, 5.74) is 6.33. The molecule has 0 radical (unpaired) electrons. The monoisotopic (exact) mass is 482 g/mol. The topological polar surface area (TPSA) is 60.7 Å². The molecule has 1 N–H and O–H groups in total. The normalized spacial score (nSPS) is 21.7. The third-order valence-corrected chi connectivity index (χ3v) is 8.48. The lowest BCUT2D eigenvalue weighted by Gasteiger charge is -2.39. The van der Waals surface area contributed by atoms with Gasteiger partial charge in [-0.2, -0.15) is 0 Å². The van der Waals surface area contributed by atoms with E-state index in [0.29, 0.717) is 6.54 Å². The van der Waals surface area contributed by atoms with Crippen LogP contribution >= 0.6 is 0 Å². The third-order valence-electron chi connectivity index (χ3n) is 8.48. The van der Waals surface area contributed by atoms with Gasteiger partial charge in [0.1, 0.15) is 6.10 Å². The molecule has 7 rings (SSSR count). The molecule has 7 heteroatoms. The molecule has 2 aliphatic rings. The number of aromatic nitrogens is 2. The number of benzene rings is 3. The predicted octanol–water partition coefficient (Wildman–Crippen LogP) is 4.64. The van der Waals surface area contributed by atoms with Crippen LogP contribution in [0.4, 0.5) is 0 Å². The summed E-state index contributed by atoms with van der Waals surface area (Å²) in [5.74, 6) is 0.00831. The van der Waals surface area contributed by atoms with Gasteiger partial charge in [-0.15, -0.1) is 0 Å². The van der Waals surface area contributed by atoms with Crippen molar-refractivity contribution in [3.8, 4) is 0 Å². The van der Waals surface area contributed by atoms with Crippen LogP contribution in [-0.2, 0) is 22.6 Å². The Balaban J connectivity index is 1.79. The quantitative estimate of drug-likeness (QED) is 0.406. The van der Waals surface area contributed by atoms with Gasteiger partial charge in [0.05, 0.1) is 28.2 Å². The molecular weight excluding hydrogens is 452 g/mol. The lowest BCUT2D eigenvalue weighted by Crippen LogP contribution is -2.50. The Morgan fingerprint density at radius 2 is 1.67 bits per heavy atom. The number of likely N-dealkylation sites (N-methyl/N-ethyl adjacent to an activating group) is 1. The minimum Gasteiger partial charge on any atom is -0.375 e. The number of fused-ring (bicyclic) bond motifs is 9. The van der Waals surface area contributed by atoms with E-state index in [4.69, 9.17) is 9.47 Å². The van der Waals surface area contributed by atoms with Crippen molar-refractivity contribution >= 4 is 49.5 Å². The van der Waals surface area contributed by atoms with E-state index in [-0.39, 0.29) is 24.3 Å². The molecule has 0 fully saturated rings. The minimum atomic E-state index is -0.338. The van der Waals surface area contributed by atoms with Crippen molar-refractivity contribution in [3.05, 3.63) is 59.7 Å². The minimum absolute atomic E-state index is 0.00831. The summed E-state index contributed by atoms with van der Waals surface area (Å²) in [7, 11) is 5.70. The van der Waals surface area contributed by atoms with Crippen LogP contribution in [0.3, 0.4) is 0 Å². The second-order valence-electron chi connectivity index (χ2n) is 9.97. The Kier molecular flexibility index (Phi) is 4.74. The molecule has 5 aromatic rings. The number of para-hydroxylation sites is 2. The Labute approximate surface area is 209 Å². The van der Waals surface area contributed by atoms with Crippen LogP contribution < -0.4 is 5.32 Å². The second kappa shape index (κ2) is 7.80. The van der Waals surface area contributed by atoms with Crippen molar-refractivity contribution in [3.63, 3.8) is 0 Å². The molecule has 2 aromatic heterocycles. The molecule has 0 saturated carbocycles. The molecule has 184 valence electrons. The van der Waals surface area contributed by atoms with E-state index in [1.54, 1.807) is 14.2 Å². The molecule has 4 heterocycles. The highest BCUT2D eigenvalue weighted by Crippen LogP contribution is 2.47. The first-order valence-corrected chi connectivity index (χ1v) is 12.6. The van der Waals surface area contributed by atoms with Crippen molar-refractivity contribution in [1.29, 1.82) is 0 Å². The van der Waals surface area contributed by atoms with Crippen LogP contribution in [0.25, 0.3) is 43.6 Å². The first-order valence-electron chi connectivity index (χ1n) is 12.6. The number of methoxy groups -OCH3 is 2. The molecule has 7 nitrogen and oxygen atoms in total. The van der Waals surface area contributed by atoms with E-state index < -0.39 is 0 Å².